The zero-order valence-electron chi connectivity index (χ0n) is 29.6. The van der Waals surface area contributed by atoms with E-state index in [0.717, 1.165) is 6.42 Å². The Morgan fingerprint density at radius 1 is 0.436 bits per heavy atom. The highest BCUT2D eigenvalue weighted by Gasteiger charge is 2.42. The maximum Gasteiger partial charge on any atom is -0.0126 e. The minimum atomic E-state index is 0.0254. The van der Waals surface area contributed by atoms with Crippen molar-refractivity contribution < 1.29 is 0 Å². The molecule has 0 saturated heterocycles. The summed E-state index contributed by atoms with van der Waals surface area (Å²) >= 11 is 0. The van der Waals surface area contributed by atoms with Crippen LogP contribution >= 0.6 is 0 Å². The van der Waals surface area contributed by atoms with Gasteiger partial charge in [0.2, 0.25) is 0 Å². The molecule has 0 N–H and O–H groups in total. The van der Waals surface area contributed by atoms with Gasteiger partial charge in [-0.1, -0.05) is 156 Å². The number of hydrogen-bond donors (Lipinski definition) is 0. The molecular weight excluding hydrogens is 468 g/mol. The van der Waals surface area contributed by atoms with E-state index in [1.807, 2.05) is 0 Å². The fourth-order valence-electron chi connectivity index (χ4n) is 6.94. The Kier molecular flexibility index (Phi) is 8.94. The fourth-order valence-corrected chi connectivity index (χ4v) is 6.94. The van der Waals surface area contributed by atoms with Gasteiger partial charge in [0.25, 0.3) is 0 Å². The molecule has 1 unspecified atom stereocenters. The standard InChI is InChI=1S/C39H64/c1-25(26-22-20-21-23-28(26)34(2,3)4)24-27-29(35(5,6)7)31(37(11,12)13)33(39(17,18)19)32(38(14,15)16)30(27)36(8,9)10/h20-23,25H,24H2,1-19H3. The molecule has 0 heterocycles. The highest BCUT2D eigenvalue weighted by atomic mass is 14.5. The summed E-state index contributed by atoms with van der Waals surface area (Å²) in [6.45, 7) is 46.2. The molecule has 1 atom stereocenters. The van der Waals surface area contributed by atoms with Gasteiger partial charge < -0.3 is 0 Å². The van der Waals surface area contributed by atoms with Crippen LogP contribution in [-0.2, 0) is 38.9 Å². The van der Waals surface area contributed by atoms with Gasteiger partial charge in [-0.3, -0.25) is 0 Å². The van der Waals surface area contributed by atoms with Gasteiger partial charge in [-0.2, -0.15) is 0 Å². The van der Waals surface area contributed by atoms with Gasteiger partial charge in [-0.15, -0.1) is 0 Å². The summed E-state index contributed by atoms with van der Waals surface area (Å²) in [6, 6.07) is 9.19. The maximum absolute atomic E-state index is 2.47. The molecule has 0 aliphatic heterocycles. The summed E-state index contributed by atoms with van der Waals surface area (Å²) in [4.78, 5) is 0. The van der Waals surface area contributed by atoms with E-state index >= 15 is 0 Å². The average molecular weight is 533 g/mol. The molecule has 0 aliphatic rings. The molecule has 2 rings (SSSR count). The molecule has 0 bridgehead atoms. The van der Waals surface area contributed by atoms with Gasteiger partial charge in [0.05, 0.1) is 0 Å². The van der Waals surface area contributed by atoms with Gasteiger partial charge in [0, 0.05) is 0 Å². The summed E-state index contributed by atoms with van der Waals surface area (Å²) in [5.74, 6) is 0.420. The molecule has 0 fully saturated rings. The Bertz CT molecular complexity index is 1110. The van der Waals surface area contributed by atoms with Crippen LogP contribution in [0.2, 0.25) is 0 Å². The zero-order valence-corrected chi connectivity index (χ0v) is 29.6. The first-order valence-corrected chi connectivity index (χ1v) is 15.5. The predicted octanol–water partition coefficient (Wildman–Crippen LogP) is 11.8. The highest BCUT2D eigenvalue weighted by molar-refractivity contribution is 5.63. The lowest BCUT2D eigenvalue weighted by Crippen LogP contribution is -2.37. The van der Waals surface area contributed by atoms with Crippen molar-refractivity contribution in [3.05, 3.63) is 68.8 Å². The Hall–Kier alpha value is -1.56. The summed E-state index contributed by atoms with van der Waals surface area (Å²) in [6.07, 6.45) is 1.06. The van der Waals surface area contributed by atoms with E-state index in [2.05, 4.69) is 156 Å². The first-order valence-electron chi connectivity index (χ1n) is 15.5. The number of rotatable bonds is 3. The SMILES string of the molecule is CC(Cc1c(C(C)(C)C)c(C(C)(C)C)c(C(C)(C)C)c(C(C)(C)C)c1C(C)(C)C)c1ccccc1C(C)(C)C. The molecule has 2 aromatic rings. The first kappa shape index (κ1) is 33.6. The van der Waals surface area contributed by atoms with Crippen LogP contribution in [0.25, 0.3) is 0 Å². The second-order valence-corrected chi connectivity index (χ2v) is 18.5. The van der Waals surface area contributed by atoms with E-state index in [4.69, 9.17) is 0 Å². The van der Waals surface area contributed by atoms with Crippen molar-refractivity contribution in [2.75, 3.05) is 0 Å². The van der Waals surface area contributed by atoms with Crippen LogP contribution in [0.15, 0.2) is 24.3 Å². The predicted molar refractivity (Wildman–Crippen MR) is 177 cm³/mol. The van der Waals surface area contributed by atoms with Gasteiger partial charge >= 0.3 is 0 Å². The van der Waals surface area contributed by atoms with Crippen molar-refractivity contribution in [2.45, 2.75) is 176 Å². The van der Waals surface area contributed by atoms with Crippen molar-refractivity contribution in [3.8, 4) is 0 Å². The van der Waals surface area contributed by atoms with Crippen molar-refractivity contribution in [3.63, 3.8) is 0 Å². The Balaban J connectivity index is 3.28. The van der Waals surface area contributed by atoms with Crippen LogP contribution in [0.5, 0.6) is 0 Å². The Labute approximate surface area is 244 Å². The third-order valence-electron chi connectivity index (χ3n) is 8.16. The molecule has 0 amide bonds. The normalized spacial score (nSPS) is 15.1. The zero-order chi connectivity index (χ0) is 30.7. The summed E-state index contributed by atoms with van der Waals surface area (Å²) in [5.41, 5.74) is 12.8. The molecule has 39 heavy (non-hydrogen) atoms. The smallest absolute Gasteiger partial charge is 0.0126 e. The van der Waals surface area contributed by atoms with Crippen molar-refractivity contribution in [1.29, 1.82) is 0 Å². The summed E-state index contributed by atoms with van der Waals surface area (Å²) in [7, 11) is 0. The van der Waals surface area contributed by atoms with Gasteiger partial charge in [0.15, 0.2) is 0 Å². The minimum absolute atomic E-state index is 0.0254. The topological polar surface area (TPSA) is 0 Å². The lowest BCUT2D eigenvalue weighted by molar-refractivity contribution is 0.451. The molecule has 220 valence electrons. The van der Waals surface area contributed by atoms with Crippen molar-refractivity contribution >= 4 is 0 Å². The third-order valence-corrected chi connectivity index (χ3v) is 8.16. The van der Waals surface area contributed by atoms with Crippen LogP contribution in [0, 0.1) is 0 Å². The van der Waals surface area contributed by atoms with Crippen molar-refractivity contribution in [2.24, 2.45) is 0 Å². The molecular formula is C39H64. The van der Waals surface area contributed by atoms with E-state index in [1.54, 1.807) is 33.4 Å². The quantitative estimate of drug-likeness (QED) is 0.369. The molecule has 0 spiro atoms. The second-order valence-electron chi connectivity index (χ2n) is 18.5. The molecule has 0 radical (unpaired) electrons. The minimum Gasteiger partial charge on any atom is -0.0620 e. The van der Waals surface area contributed by atoms with E-state index in [1.165, 1.54) is 11.1 Å². The van der Waals surface area contributed by atoms with E-state index in [-0.39, 0.29) is 32.5 Å². The molecule has 0 nitrogen and oxygen atoms in total. The Morgan fingerprint density at radius 2 is 0.744 bits per heavy atom. The monoisotopic (exact) mass is 533 g/mol. The maximum atomic E-state index is 2.47. The lowest BCUT2D eigenvalue weighted by Gasteiger charge is -2.46. The van der Waals surface area contributed by atoms with Crippen molar-refractivity contribution in [1.82, 2.24) is 0 Å². The van der Waals surface area contributed by atoms with Crippen LogP contribution < -0.4 is 0 Å². The van der Waals surface area contributed by atoms with Gasteiger partial charge in [0.1, 0.15) is 0 Å². The highest BCUT2D eigenvalue weighted by Crippen LogP contribution is 2.52. The fraction of sp³-hybridized carbons (Fsp3) is 0.692. The Morgan fingerprint density at radius 3 is 1.05 bits per heavy atom. The van der Waals surface area contributed by atoms with E-state index in [0.29, 0.717) is 5.92 Å². The second kappa shape index (κ2) is 10.4. The van der Waals surface area contributed by atoms with Crippen LogP contribution in [0.4, 0.5) is 0 Å². The van der Waals surface area contributed by atoms with Gasteiger partial charge in [-0.05, 0) is 89.3 Å². The lowest BCUT2D eigenvalue weighted by atomic mass is 9.58. The van der Waals surface area contributed by atoms with Crippen LogP contribution in [0.1, 0.15) is 182 Å². The van der Waals surface area contributed by atoms with Gasteiger partial charge in [-0.25, -0.2) is 0 Å². The first-order chi connectivity index (χ1) is 17.1. The average Bonchev–Trinajstić information content (AvgIpc) is 2.68. The summed E-state index contributed by atoms with van der Waals surface area (Å²) in [5, 5.41) is 0. The summed E-state index contributed by atoms with van der Waals surface area (Å²) < 4.78 is 0. The van der Waals surface area contributed by atoms with Crippen LogP contribution in [-0.4, -0.2) is 0 Å². The molecule has 2 aromatic carbocycles. The van der Waals surface area contributed by atoms with Crippen LogP contribution in [0.3, 0.4) is 0 Å². The number of benzene rings is 2. The molecule has 0 saturated carbocycles. The molecule has 0 aromatic heterocycles. The third kappa shape index (κ3) is 7.21. The van der Waals surface area contributed by atoms with E-state index < -0.39 is 0 Å². The molecule has 0 heteroatoms. The van der Waals surface area contributed by atoms with E-state index in [9.17, 15) is 0 Å². The number of hydrogen-bond acceptors (Lipinski definition) is 0. The largest absolute Gasteiger partial charge is 0.0620 e. The molecule has 0 aliphatic carbocycles.